The lowest BCUT2D eigenvalue weighted by Gasteiger charge is -2.06. The molecule has 0 aliphatic carbocycles. The van der Waals surface area contributed by atoms with Gasteiger partial charge in [-0.3, -0.25) is 5.32 Å². The molecule has 1 N–H and O–H groups in total. The Morgan fingerprint density at radius 1 is 1.58 bits per heavy atom. The summed E-state index contributed by atoms with van der Waals surface area (Å²) in [7, 11) is 0. The van der Waals surface area contributed by atoms with Crippen LogP contribution >= 0.6 is 11.8 Å². The second-order valence-electron chi connectivity index (χ2n) is 3.58. The largest absolute Gasteiger partial charge is 0.462 e. The van der Waals surface area contributed by atoms with E-state index in [1.54, 1.807) is 25.1 Å². The van der Waals surface area contributed by atoms with Crippen molar-refractivity contribution in [3.8, 4) is 6.19 Å². The number of nitrogens with zero attached hydrogens (tertiary/aromatic N) is 2. The van der Waals surface area contributed by atoms with Crippen molar-refractivity contribution in [3.63, 3.8) is 0 Å². The van der Waals surface area contributed by atoms with E-state index in [1.165, 1.54) is 11.8 Å². The Kier molecular flexibility index (Phi) is 5.90. The Morgan fingerprint density at radius 3 is 2.84 bits per heavy atom. The highest BCUT2D eigenvalue weighted by molar-refractivity contribution is 8.13. The summed E-state index contributed by atoms with van der Waals surface area (Å²) in [6, 6.07) is 5.17. The van der Waals surface area contributed by atoms with E-state index in [2.05, 4.69) is 10.3 Å². The maximum atomic E-state index is 11.6. The van der Waals surface area contributed by atoms with Crippen LogP contribution < -0.4 is 5.32 Å². The Hall–Kier alpha value is -2.00. The van der Waals surface area contributed by atoms with Crippen LogP contribution in [-0.4, -0.2) is 24.0 Å². The van der Waals surface area contributed by atoms with Crippen molar-refractivity contribution < 1.29 is 9.53 Å². The van der Waals surface area contributed by atoms with Gasteiger partial charge in [0.25, 0.3) is 0 Å². The van der Waals surface area contributed by atoms with E-state index in [-0.39, 0.29) is 5.97 Å². The number of hydrogen-bond donors (Lipinski definition) is 1. The molecule has 0 fully saturated rings. The highest BCUT2D eigenvalue weighted by Crippen LogP contribution is 2.19. The number of carbonyl (C=O) groups excluding carboxylic acids is 1. The van der Waals surface area contributed by atoms with E-state index in [4.69, 9.17) is 10.00 Å². The number of esters is 1. The molecule has 0 radical (unpaired) electrons. The van der Waals surface area contributed by atoms with E-state index in [0.717, 1.165) is 5.56 Å². The maximum absolute atomic E-state index is 11.6. The molecular formula is C13H15N3O2S. The number of nitrogens with one attached hydrogen (secondary N) is 1. The molecule has 6 heteroatoms. The molecule has 100 valence electrons. The predicted octanol–water partition coefficient (Wildman–Crippen LogP) is 2.59. The zero-order chi connectivity index (χ0) is 14.3. The van der Waals surface area contributed by atoms with Crippen LogP contribution in [0.3, 0.4) is 0 Å². The minimum Gasteiger partial charge on any atom is -0.462 e. The van der Waals surface area contributed by atoms with E-state index in [9.17, 15) is 4.79 Å². The Bertz CT molecular complexity index is 535. The molecule has 0 aliphatic rings. The van der Waals surface area contributed by atoms with E-state index >= 15 is 0 Å². The molecule has 0 unspecified atom stereocenters. The summed E-state index contributed by atoms with van der Waals surface area (Å²) in [6.07, 6.45) is 3.65. The van der Waals surface area contributed by atoms with Crippen LogP contribution in [0.4, 0.5) is 5.69 Å². The first-order valence-electron chi connectivity index (χ1n) is 5.68. The van der Waals surface area contributed by atoms with Crippen molar-refractivity contribution in [3.05, 3.63) is 29.3 Å². The lowest BCUT2D eigenvalue weighted by Crippen LogP contribution is -2.12. The Morgan fingerprint density at radius 2 is 2.32 bits per heavy atom. The van der Waals surface area contributed by atoms with Crippen molar-refractivity contribution in [2.24, 2.45) is 4.99 Å². The lowest BCUT2D eigenvalue weighted by atomic mass is 10.1. The van der Waals surface area contributed by atoms with Crippen LogP contribution in [-0.2, 0) is 4.74 Å². The molecule has 1 rings (SSSR count). The first-order chi connectivity index (χ1) is 9.12. The van der Waals surface area contributed by atoms with Gasteiger partial charge < -0.3 is 4.74 Å². The molecule has 0 atom stereocenters. The molecule has 5 nitrogen and oxygen atoms in total. The average Bonchev–Trinajstić information content (AvgIpc) is 2.38. The van der Waals surface area contributed by atoms with Crippen LogP contribution in [0.5, 0.6) is 0 Å². The van der Waals surface area contributed by atoms with Gasteiger partial charge in [-0.1, -0.05) is 11.8 Å². The number of rotatable bonds is 3. The van der Waals surface area contributed by atoms with E-state index in [1.807, 2.05) is 19.4 Å². The molecular weight excluding hydrogens is 262 g/mol. The Labute approximate surface area is 116 Å². The van der Waals surface area contributed by atoms with Gasteiger partial charge in [-0.05, 0) is 43.9 Å². The van der Waals surface area contributed by atoms with Gasteiger partial charge in [0.05, 0.1) is 17.9 Å². The molecule has 1 aromatic carbocycles. The normalized spacial score (nSPS) is 10.7. The summed E-state index contributed by atoms with van der Waals surface area (Å²) in [6.45, 7) is 3.94. The topological polar surface area (TPSA) is 74.5 Å². The van der Waals surface area contributed by atoms with Crippen molar-refractivity contribution in [2.75, 3.05) is 12.9 Å². The van der Waals surface area contributed by atoms with Gasteiger partial charge in [0.1, 0.15) is 0 Å². The zero-order valence-electron chi connectivity index (χ0n) is 11.1. The molecule has 0 aromatic heterocycles. The van der Waals surface area contributed by atoms with Crippen molar-refractivity contribution in [2.45, 2.75) is 13.8 Å². The minimum absolute atomic E-state index is 0.337. The van der Waals surface area contributed by atoms with E-state index < -0.39 is 0 Å². The third-order valence-electron chi connectivity index (χ3n) is 2.29. The number of benzene rings is 1. The van der Waals surface area contributed by atoms with Crippen molar-refractivity contribution in [1.29, 1.82) is 5.26 Å². The van der Waals surface area contributed by atoms with Crippen LogP contribution in [0.2, 0.25) is 0 Å². The monoisotopic (exact) mass is 277 g/mol. The van der Waals surface area contributed by atoms with Gasteiger partial charge in [-0.25, -0.2) is 9.79 Å². The molecule has 0 saturated carbocycles. The Balaban J connectivity index is 3.00. The van der Waals surface area contributed by atoms with Gasteiger partial charge in [-0.2, -0.15) is 5.26 Å². The standard InChI is InChI=1S/C13H15N3O2S/c1-4-18-12(17)11-6-5-10(7-9(11)2)16-13(19-3)15-8-14/h5-7H,4H2,1-3H3,(H,15,16). The number of hydrogen-bond acceptors (Lipinski definition) is 5. The second kappa shape index (κ2) is 7.44. The molecule has 19 heavy (non-hydrogen) atoms. The first kappa shape index (κ1) is 15.1. The zero-order valence-corrected chi connectivity index (χ0v) is 11.9. The average molecular weight is 277 g/mol. The van der Waals surface area contributed by atoms with E-state index in [0.29, 0.717) is 23.0 Å². The molecule has 0 heterocycles. The minimum atomic E-state index is -0.337. The predicted molar refractivity (Wildman–Crippen MR) is 76.5 cm³/mol. The summed E-state index contributed by atoms with van der Waals surface area (Å²) in [5.41, 5.74) is 1.99. The van der Waals surface area contributed by atoms with Gasteiger partial charge in [0, 0.05) is 0 Å². The number of aliphatic imine (C=N–C) groups is 1. The number of ether oxygens (including phenoxy) is 1. The fourth-order valence-corrected chi connectivity index (χ4v) is 1.79. The number of nitriles is 1. The molecule has 1 aromatic rings. The summed E-state index contributed by atoms with van der Waals surface area (Å²) in [5, 5.41) is 11.6. The van der Waals surface area contributed by atoms with Gasteiger partial charge in [0.2, 0.25) is 0 Å². The third kappa shape index (κ3) is 4.30. The van der Waals surface area contributed by atoms with Crippen LogP contribution in [0.1, 0.15) is 22.8 Å². The molecule has 0 bridgehead atoms. The fourth-order valence-electron chi connectivity index (χ4n) is 1.44. The summed E-state index contributed by atoms with van der Waals surface area (Å²) in [4.78, 5) is 15.9. The van der Waals surface area contributed by atoms with Crippen LogP contribution in [0.15, 0.2) is 23.2 Å². The van der Waals surface area contributed by atoms with Crippen molar-refractivity contribution in [1.82, 2.24) is 5.32 Å². The van der Waals surface area contributed by atoms with Gasteiger partial charge in [-0.15, -0.1) is 0 Å². The third-order valence-corrected chi connectivity index (χ3v) is 2.87. The van der Waals surface area contributed by atoms with Crippen LogP contribution in [0, 0.1) is 18.4 Å². The second-order valence-corrected chi connectivity index (χ2v) is 4.37. The van der Waals surface area contributed by atoms with Gasteiger partial charge >= 0.3 is 5.97 Å². The first-order valence-corrected chi connectivity index (χ1v) is 6.90. The number of amidine groups is 1. The quantitative estimate of drug-likeness (QED) is 0.302. The molecule has 0 spiro atoms. The maximum Gasteiger partial charge on any atom is 0.338 e. The number of aryl methyl sites for hydroxylation is 1. The number of carbonyl (C=O) groups is 1. The highest BCUT2D eigenvalue weighted by Gasteiger charge is 2.10. The van der Waals surface area contributed by atoms with Crippen LogP contribution in [0.25, 0.3) is 0 Å². The molecule has 0 saturated heterocycles. The molecule has 0 amide bonds. The number of thioether (sulfide) groups is 1. The summed E-state index contributed by atoms with van der Waals surface area (Å²) in [5.74, 6) is -0.337. The SMILES string of the molecule is CCOC(=O)c1ccc(N=C(NC#N)SC)cc1C. The smallest absolute Gasteiger partial charge is 0.338 e. The van der Waals surface area contributed by atoms with Crippen molar-refractivity contribution >= 4 is 28.6 Å². The molecule has 0 aliphatic heterocycles. The summed E-state index contributed by atoms with van der Waals surface area (Å²) < 4.78 is 4.96. The lowest BCUT2D eigenvalue weighted by molar-refractivity contribution is 0.0525. The summed E-state index contributed by atoms with van der Waals surface area (Å²) >= 11 is 1.34. The van der Waals surface area contributed by atoms with Gasteiger partial charge in [0.15, 0.2) is 11.4 Å². The fraction of sp³-hybridized carbons (Fsp3) is 0.308. The highest BCUT2D eigenvalue weighted by atomic mass is 32.2.